The van der Waals surface area contributed by atoms with Gasteiger partial charge in [0.1, 0.15) is 0 Å². The van der Waals surface area contributed by atoms with Crippen LogP contribution in [0.3, 0.4) is 0 Å². The van der Waals surface area contributed by atoms with Gasteiger partial charge in [0.15, 0.2) is 0 Å². The van der Waals surface area contributed by atoms with Crippen molar-refractivity contribution in [3.05, 3.63) is 11.6 Å². The fraction of sp³-hybridized carbons (Fsp3) is 0.846. The van der Waals surface area contributed by atoms with Gasteiger partial charge in [0.25, 0.3) is 0 Å². The highest BCUT2D eigenvalue weighted by molar-refractivity contribution is 5.07. The van der Waals surface area contributed by atoms with Crippen LogP contribution in [0.25, 0.3) is 0 Å². The van der Waals surface area contributed by atoms with E-state index in [9.17, 15) is 0 Å². The van der Waals surface area contributed by atoms with Crippen molar-refractivity contribution in [3.63, 3.8) is 0 Å². The van der Waals surface area contributed by atoms with E-state index in [4.69, 9.17) is 4.74 Å². The second-order valence-corrected chi connectivity index (χ2v) is 5.05. The molecule has 0 radical (unpaired) electrons. The predicted octanol–water partition coefficient (Wildman–Crippen LogP) is 2.50. The molecule has 15 heavy (non-hydrogen) atoms. The van der Waals surface area contributed by atoms with Crippen LogP contribution in [0.1, 0.15) is 39.0 Å². The first-order valence-electron chi connectivity index (χ1n) is 6.33. The van der Waals surface area contributed by atoms with Gasteiger partial charge in [0, 0.05) is 12.6 Å². The summed E-state index contributed by atoms with van der Waals surface area (Å²) < 4.78 is 5.43. The largest absolute Gasteiger partial charge is 0.377 e. The summed E-state index contributed by atoms with van der Waals surface area (Å²) in [5.41, 5.74) is 1.44. The van der Waals surface area contributed by atoms with Crippen molar-refractivity contribution in [2.75, 3.05) is 19.8 Å². The van der Waals surface area contributed by atoms with Gasteiger partial charge < -0.3 is 10.1 Å². The third-order valence-corrected chi connectivity index (χ3v) is 3.54. The maximum atomic E-state index is 5.43. The van der Waals surface area contributed by atoms with E-state index in [1.54, 1.807) is 0 Å². The Hall–Kier alpha value is -0.340. The molecular weight excluding hydrogens is 186 g/mol. The van der Waals surface area contributed by atoms with Crippen LogP contribution in [0.2, 0.25) is 0 Å². The smallest absolute Gasteiger partial charge is 0.0689 e. The molecule has 1 aliphatic heterocycles. The summed E-state index contributed by atoms with van der Waals surface area (Å²) in [6.07, 6.45) is 8.96. The fourth-order valence-electron chi connectivity index (χ4n) is 2.63. The number of ether oxygens (including phenoxy) is 1. The molecule has 2 rings (SSSR count). The number of rotatable bonds is 3. The molecule has 2 atom stereocenters. The van der Waals surface area contributed by atoms with E-state index in [-0.39, 0.29) is 0 Å². The van der Waals surface area contributed by atoms with E-state index in [1.807, 2.05) is 0 Å². The van der Waals surface area contributed by atoms with Crippen LogP contribution in [0.15, 0.2) is 11.6 Å². The number of hydrogen-bond acceptors (Lipinski definition) is 2. The molecule has 0 amide bonds. The fourth-order valence-corrected chi connectivity index (χ4v) is 2.63. The standard InChI is InChI=1S/C13H23NO/c1-11-4-2-6-13(8-11)14-9-12-5-3-7-15-10-12/h5,11,13-14H,2-4,6-10H2,1H3. The van der Waals surface area contributed by atoms with Crippen molar-refractivity contribution < 1.29 is 4.74 Å². The van der Waals surface area contributed by atoms with Crippen molar-refractivity contribution in [2.45, 2.75) is 45.1 Å². The molecule has 86 valence electrons. The van der Waals surface area contributed by atoms with E-state index >= 15 is 0 Å². The molecule has 1 fully saturated rings. The predicted molar refractivity (Wildman–Crippen MR) is 62.9 cm³/mol. The van der Waals surface area contributed by atoms with Crippen molar-refractivity contribution in [3.8, 4) is 0 Å². The number of nitrogens with one attached hydrogen (secondary N) is 1. The molecule has 0 saturated heterocycles. The summed E-state index contributed by atoms with van der Waals surface area (Å²) in [7, 11) is 0. The Morgan fingerprint density at radius 1 is 1.47 bits per heavy atom. The monoisotopic (exact) mass is 209 g/mol. The summed E-state index contributed by atoms with van der Waals surface area (Å²) >= 11 is 0. The van der Waals surface area contributed by atoms with E-state index in [0.717, 1.165) is 38.1 Å². The van der Waals surface area contributed by atoms with Gasteiger partial charge in [0.05, 0.1) is 13.2 Å². The van der Waals surface area contributed by atoms with Crippen molar-refractivity contribution in [2.24, 2.45) is 5.92 Å². The average Bonchev–Trinajstić information content (AvgIpc) is 2.28. The third-order valence-electron chi connectivity index (χ3n) is 3.54. The first kappa shape index (κ1) is 11.2. The summed E-state index contributed by atoms with van der Waals surface area (Å²) in [5.74, 6) is 0.910. The topological polar surface area (TPSA) is 21.3 Å². The minimum atomic E-state index is 0.747. The van der Waals surface area contributed by atoms with E-state index < -0.39 is 0 Å². The minimum Gasteiger partial charge on any atom is -0.377 e. The maximum Gasteiger partial charge on any atom is 0.0689 e. The molecule has 1 saturated carbocycles. The normalized spacial score (nSPS) is 32.5. The second kappa shape index (κ2) is 5.66. The SMILES string of the molecule is CC1CCCC(NCC2=CCCOC2)C1. The lowest BCUT2D eigenvalue weighted by molar-refractivity contribution is 0.148. The molecule has 0 bridgehead atoms. The molecule has 1 heterocycles. The lowest BCUT2D eigenvalue weighted by Gasteiger charge is -2.28. The third kappa shape index (κ3) is 3.62. The van der Waals surface area contributed by atoms with E-state index in [1.165, 1.54) is 31.3 Å². The van der Waals surface area contributed by atoms with Crippen LogP contribution in [-0.2, 0) is 4.74 Å². The first-order chi connectivity index (χ1) is 7.34. The van der Waals surface area contributed by atoms with Crippen LogP contribution >= 0.6 is 0 Å². The molecular formula is C13H23NO. The van der Waals surface area contributed by atoms with Gasteiger partial charge in [-0.15, -0.1) is 0 Å². The Morgan fingerprint density at radius 3 is 3.13 bits per heavy atom. The molecule has 0 spiro atoms. The Labute approximate surface area is 93.1 Å². The molecule has 2 aliphatic rings. The highest BCUT2D eigenvalue weighted by atomic mass is 16.5. The lowest BCUT2D eigenvalue weighted by atomic mass is 9.87. The molecule has 2 nitrogen and oxygen atoms in total. The zero-order valence-corrected chi connectivity index (χ0v) is 9.80. The van der Waals surface area contributed by atoms with Gasteiger partial charge in [-0.3, -0.25) is 0 Å². The average molecular weight is 209 g/mol. The lowest BCUT2D eigenvalue weighted by Crippen LogP contribution is -2.35. The number of hydrogen-bond donors (Lipinski definition) is 1. The highest BCUT2D eigenvalue weighted by Gasteiger charge is 2.18. The molecule has 2 heteroatoms. The summed E-state index contributed by atoms with van der Waals surface area (Å²) in [6.45, 7) is 5.16. The zero-order chi connectivity index (χ0) is 10.5. The van der Waals surface area contributed by atoms with Gasteiger partial charge in [0.2, 0.25) is 0 Å². The van der Waals surface area contributed by atoms with Crippen molar-refractivity contribution >= 4 is 0 Å². The quantitative estimate of drug-likeness (QED) is 0.721. The summed E-state index contributed by atoms with van der Waals surface area (Å²) in [4.78, 5) is 0. The van der Waals surface area contributed by atoms with Crippen LogP contribution in [0.4, 0.5) is 0 Å². The molecule has 0 aromatic carbocycles. The Kier molecular flexibility index (Phi) is 4.21. The Balaban J connectivity index is 1.70. The zero-order valence-electron chi connectivity index (χ0n) is 9.80. The second-order valence-electron chi connectivity index (χ2n) is 5.05. The van der Waals surface area contributed by atoms with Crippen LogP contribution in [0.5, 0.6) is 0 Å². The van der Waals surface area contributed by atoms with Gasteiger partial charge >= 0.3 is 0 Å². The van der Waals surface area contributed by atoms with Crippen molar-refractivity contribution in [1.82, 2.24) is 5.32 Å². The van der Waals surface area contributed by atoms with Gasteiger partial charge in [-0.05, 0) is 30.8 Å². The molecule has 2 unspecified atom stereocenters. The van der Waals surface area contributed by atoms with E-state index in [2.05, 4.69) is 18.3 Å². The first-order valence-corrected chi connectivity index (χ1v) is 6.33. The van der Waals surface area contributed by atoms with E-state index in [0.29, 0.717) is 0 Å². The molecule has 1 aliphatic carbocycles. The summed E-state index contributed by atoms with van der Waals surface area (Å²) in [5, 5.41) is 3.67. The maximum absolute atomic E-state index is 5.43. The van der Waals surface area contributed by atoms with Gasteiger partial charge in [-0.25, -0.2) is 0 Å². The molecule has 0 aromatic rings. The minimum absolute atomic E-state index is 0.747. The van der Waals surface area contributed by atoms with Crippen molar-refractivity contribution in [1.29, 1.82) is 0 Å². The Morgan fingerprint density at radius 2 is 2.40 bits per heavy atom. The molecule has 1 N–H and O–H groups in total. The molecule has 0 aromatic heterocycles. The van der Waals surface area contributed by atoms with Gasteiger partial charge in [-0.1, -0.05) is 25.8 Å². The van der Waals surface area contributed by atoms with Gasteiger partial charge in [-0.2, -0.15) is 0 Å². The summed E-state index contributed by atoms with van der Waals surface area (Å²) in [6, 6.07) is 0.747. The van der Waals surface area contributed by atoms with Crippen LogP contribution in [0, 0.1) is 5.92 Å². The van der Waals surface area contributed by atoms with Crippen LogP contribution in [-0.4, -0.2) is 25.8 Å². The van der Waals surface area contributed by atoms with Crippen LogP contribution < -0.4 is 5.32 Å². The Bertz CT molecular complexity index is 225. The highest BCUT2D eigenvalue weighted by Crippen LogP contribution is 2.23.